The first-order valence-electron chi connectivity index (χ1n) is 8.07. The number of hydrogen-bond acceptors (Lipinski definition) is 5. The molecule has 1 aromatic carbocycles. The Bertz CT molecular complexity index is 862. The third-order valence-corrected chi connectivity index (χ3v) is 4.59. The maximum atomic E-state index is 12.3. The molecular weight excluding hydrogens is 344 g/mol. The van der Waals surface area contributed by atoms with Crippen LogP contribution in [0.1, 0.15) is 23.1 Å². The fourth-order valence-corrected chi connectivity index (χ4v) is 3.05. The quantitative estimate of drug-likeness (QED) is 0.840. The van der Waals surface area contributed by atoms with Crippen LogP contribution in [0.15, 0.2) is 21.3 Å². The SMILES string of the molecule is Cc1cc(OCC(=O)N2CCC(N)C2)c2c(C)c(C)c(=O)oc2c1.Cl. The lowest BCUT2D eigenvalue weighted by molar-refractivity contribution is -0.132. The molecule has 0 bridgehead atoms. The number of rotatable bonds is 3. The Kier molecular flexibility index (Phi) is 5.75. The van der Waals surface area contributed by atoms with Crippen LogP contribution >= 0.6 is 12.4 Å². The topological polar surface area (TPSA) is 85.8 Å². The summed E-state index contributed by atoms with van der Waals surface area (Å²) in [4.78, 5) is 25.9. The fraction of sp³-hybridized carbons (Fsp3) is 0.444. The summed E-state index contributed by atoms with van der Waals surface area (Å²) in [6, 6.07) is 3.71. The molecule has 2 aromatic rings. The molecule has 1 aromatic heterocycles. The number of nitrogens with two attached hydrogens (primary N) is 1. The number of benzene rings is 1. The highest BCUT2D eigenvalue weighted by molar-refractivity contribution is 5.88. The van der Waals surface area contributed by atoms with Crippen molar-refractivity contribution in [2.75, 3.05) is 19.7 Å². The standard InChI is InChI=1S/C18H22N2O4.ClH/c1-10-6-14(23-9-16(21)20-5-4-13(19)8-20)17-11(2)12(3)18(22)24-15(17)7-10;/h6-7,13H,4-5,8-9,19H2,1-3H3;1H. The van der Waals surface area contributed by atoms with Crippen molar-refractivity contribution in [3.63, 3.8) is 0 Å². The zero-order valence-corrected chi connectivity index (χ0v) is 15.4. The molecule has 1 fully saturated rings. The first-order valence-corrected chi connectivity index (χ1v) is 8.07. The average molecular weight is 367 g/mol. The number of amides is 1. The molecule has 1 saturated heterocycles. The van der Waals surface area contributed by atoms with Crippen LogP contribution in [0.3, 0.4) is 0 Å². The van der Waals surface area contributed by atoms with Crippen LogP contribution in [-0.4, -0.2) is 36.5 Å². The zero-order chi connectivity index (χ0) is 17.4. The molecule has 136 valence electrons. The summed E-state index contributed by atoms with van der Waals surface area (Å²) in [5.74, 6) is 0.482. The summed E-state index contributed by atoms with van der Waals surface area (Å²) in [5, 5.41) is 0.739. The zero-order valence-electron chi connectivity index (χ0n) is 14.6. The summed E-state index contributed by atoms with van der Waals surface area (Å²) in [6.45, 7) is 6.67. The van der Waals surface area contributed by atoms with Gasteiger partial charge in [-0.05, 0) is 50.5 Å². The highest BCUT2D eigenvalue weighted by Crippen LogP contribution is 2.30. The van der Waals surface area contributed by atoms with Crippen LogP contribution in [0.4, 0.5) is 0 Å². The lowest BCUT2D eigenvalue weighted by Crippen LogP contribution is -2.35. The number of fused-ring (bicyclic) bond motifs is 1. The van der Waals surface area contributed by atoms with Crippen LogP contribution < -0.4 is 16.1 Å². The van der Waals surface area contributed by atoms with Gasteiger partial charge in [0.15, 0.2) is 6.61 Å². The molecule has 2 heterocycles. The van der Waals surface area contributed by atoms with Gasteiger partial charge in [0.25, 0.3) is 5.91 Å². The molecular formula is C18H23ClN2O4. The van der Waals surface area contributed by atoms with E-state index in [0.29, 0.717) is 30.0 Å². The summed E-state index contributed by atoms with van der Waals surface area (Å²) in [5.41, 5.74) is 8.23. The van der Waals surface area contributed by atoms with Gasteiger partial charge in [0.1, 0.15) is 11.3 Å². The fourth-order valence-electron chi connectivity index (χ4n) is 3.05. The van der Waals surface area contributed by atoms with Gasteiger partial charge < -0.3 is 19.8 Å². The van der Waals surface area contributed by atoms with Crippen molar-refractivity contribution in [3.05, 3.63) is 39.2 Å². The number of aryl methyl sites for hydroxylation is 2. The second-order valence-electron chi connectivity index (χ2n) is 6.45. The summed E-state index contributed by atoms with van der Waals surface area (Å²) >= 11 is 0. The highest BCUT2D eigenvalue weighted by atomic mass is 35.5. The monoisotopic (exact) mass is 366 g/mol. The third kappa shape index (κ3) is 3.80. The van der Waals surface area contributed by atoms with Gasteiger partial charge in [-0.2, -0.15) is 0 Å². The second-order valence-corrected chi connectivity index (χ2v) is 6.45. The van der Waals surface area contributed by atoms with E-state index in [2.05, 4.69) is 0 Å². The number of hydrogen-bond donors (Lipinski definition) is 1. The van der Waals surface area contributed by atoms with Gasteiger partial charge in [0, 0.05) is 24.7 Å². The summed E-state index contributed by atoms with van der Waals surface area (Å²) < 4.78 is 11.2. The van der Waals surface area contributed by atoms with Crippen LogP contribution in [0, 0.1) is 20.8 Å². The van der Waals surface area contributed by atoms with Crippen LogP contribution in [0.5, 0.6) is 5.75 Å². The largest absolute Gasteiger partial charge is 0.483 e. The summed E-state index contributed by atoms with van der Waals surface area (Å²) in [7, 11) is 0. The maximum Gasteiger partial charge on any atom is 0.339 e. The molecule has 1 aliphatic heterocycles. The van der Waals surface area contributed by atoms with Gasteiger partial charge in [-0.25, -0.2) is 4.79 Å². The first kappa shape index (κ1) is 19.3. The average Bonchev–Trinajstić information content (AvgIpc) is 2.96. The minimum absolute atomic E-state index is 0. The van der Waals surface area contributed by atoms with E-state index in [0.717, 1.165) is 22.9 Å². The predicted octanol–water partition coefficient (Wildman–Crippen LogP) is 2.08. The van der Waals surface area contributed by atoms with Crippen molar-refractivity contribution < 1.29 is 13.9 Å². The Morgan fingerprint density at radius 1 is 1.32 bits per heavy atom. The van der Waals surface area contributed by atoms with Crippen LogP contribution in [-0.2, 0) is 4.79 Å². The van der Waals surface area contributed by atoms with E-state index in [4.69, 9.17) is 14.9 Å². The van der Waals surface area contributed by atoms with E-state index in [-0.39, 0.29) is 36.6 Å². The van der Waals surface area contributed by atoms with Gasteiger partial charge in [0.2, 0.25) is 0 Å². The lowest BCUT2D eigenvalue weighted by atomic mass is 10.0. The molecule has 3 rings (SSSR count). The molecule has 1 aliphatic rings. The highest BCUT2D eigenvalue weighted by Gasteiger charge is 2.24. The van der Waals surface area contributed by atoms with Crippen molar-refractivity contribution in [2.45, 2.75) is 33.2 Å². The summed E-state index contributed by atoms with van der Waals surface area (Å²) in [6.07, 6.45) is 0.822. The Balaban J connectivity index is 0.00000225. The molecule has 0 aliphatic carbocycles. The van der Waals surface area contributed by atoms with Crippen molar-refractivity contribution in [3.8, 4) is 5.75 Å². The molecule has 25 heavy (non-hydrogen) atoms. The van der Waals surface area contributed by atoms with Crippen molar-refractivity contribution in [1.29, 1.82) is 0 Å². The minimum Gasteiger partial charge on any atom is -0.483 e. The first-order chi connectivity index (χ1) is 11.4. The number of carbonyl (C=O) groups is 1. The number of halogens is 1. The lowest BCUT2D eigenvalue weighted by Gasteiger charge is -2.17. The molecule has 2 N–H and O–H groups in total. The number of likely N-dealkylation sites (tertiary alicyclic amines) is 1. The van der Waals surface area contributed by atoms with E-state index < -0.39 is 0 Å². The Labute approximate surface area is 152 Å². The van der Waals surface area contributed by atoms with Gasteiger partial charge in [-0.3, -0.25) is 4.79 Å². The van der Waals surface area contributed by atoms with Crippen molar-refractivity contribution in [1.82, 2.24) is 4.90 Å². The van der Waals surface area contributed by atoms with Crippen LogP contribution in [0.2, 0.25) is 0 Å². The normalized spacial score (nSPS) is 16.8. The Morgan fingerprint density at radius 3 is 2.68 bits per heavy atom. The molecule has 0 radical (unpaired) electrons. The van der Waals surface area contributed by atoms with Gasteiger partial charge >= 0.3 is 5.63 Å². The second kappa shape index (κ2) is 7.45. The number of ether oxygens (including phenoxy) is 1. The number of carbonyl (C=O) groups excluding carboxylic acids is 1. The predicted molar refractivity (Wildman–Crippen MR) is 98.6 cm³/mol. The van der Waals surface area contributed by atoms with Crippen LogP contribution in [0.25, 0.3) is 11.0 Å². The maximum absolute atomic E-state index is 12.3. The molecule has 0 saturated carbocycles. The van der Waals surface area contributed by atoms with E-state index in [1.165, 1.54) is 0 Å². The Hall–Kier alpha value is -2.05. The van der Waals surface area contributed by atoms with Gasteiger partial charge in [-0.15, -0.1) is 12.4 Å². The molecule has 1 atom stereocenters. The molecule has 0 spiro atoms. The third-order valence-electron chi connectivity index (χ3n) is 4.59. The van der Waals surface area contributed by atoms with Gasteiger partial charge in [-0.1, -0.05) is 0 Å². The smallest absolute Gasteiger partial charge is 0.339 e. The molecule has 6 nitrogen and oxygen atoms in total. The van der Waals surface area contributed by atoms with E-state index in [1.54, 1.807) is 17.9 Å². The molecule has 7 heteroatoms. The number of nitrogens with zero attached hydrogens (tertiary/aromatic N) is 1. The molecule has 1 unspecified atom stereocenters. The van der Waals surface area contributed by atoms with E-state index >= 15 is 0 Å². The van der Waals surface area contributed by atoms with E-state index in [1.807, 2.05) is 19.9 Å². The Morgan fingerprint density at radius 2 is 2.04 bits per heavy atom. The molecule has 1 amide bonds. The minimum atomic E-state index is -0.348. The van der Waals surface area contributed by atoms with Crippen molar-refractivity contribution in [2.24, 2.45) is 5.73 Å². The van der Waals surface area contributed by atoms with Gasteiger partial charge in [0.05, 0.1) is 5.39 Å². The van der Waals surface area contributed by atoms with E-state index in [9.17, 15) is 9.59 Å². The van der Waals surface area contributed by atoms with Crippen molar-refractivity contribution >= 4 is 29.3 Å².